The minimum atomic E-state index is -1.35. The van der Waals surface area contributed by atoms with Crippen molar-refractivity contribution in [2.75, 3.05) is 0 Å². The number of carboxylic acids is 2. The van der Waals surface area contributed by atoms with E-state index in [9.17, 15) is 24.6 Å². The van der Waals surface area contributed by atoms with Crippen molar-refractivity contribution >= 4 is 57.4 Å². The van der Waals surface area contributed by atoms with E-state index < -0.39 is 42.6 Å². The number of hydrogen-bond acceptors (Lipinski definition) is 5. The van der Waals surface area contributed by atoms with Gasteiger partial charge in [0, 0.05) is 29.9 Å². The number of amides is 1. The molecule has 3 unspecified atom stereocenters. The van der Waals surface area contributed by atoms with Crippen molar-refractivity contribution in [2.24, 2.45) is 5.92 Å². The molecule has 0 spiro atoms. The van der Waals surface area contributed by atoms with Crippen molar-refractivity contribution in [1.82, 2.24) is 9.88 Å². The number of halogens is 1. The second-order valence-corrected chi connectivity index (χ2v) is 11.5. The van der Waals surface area contributed by atoms with Crippen LogP contribution in [0.3, 0.4) is 0 Å². The monoisotopic (exact) mass is 624 g/mol. The minimum Gasteiger partial charge on any atom is -0.481 e. The number of rotatable bonds is 13. The Hall–Kier alpha value is -4.95. The molecule has 1 heterocycles. The summed E-state index contributed by atoms with van der Waals surface area (Å²) < 4.78 is 5.85. The molecular weight excluding hydrogens is 592 g/mol. The standard InChI is InChI=1S/C36H33ClN2O6/c1-23(30(26-15-17-29(37)18-16-26)9-6-12-33-38-31-10-4-5-11-32(31)45-33)39(34(40)20-28(36(43)44)21-35(41)42)22-24-13-14-25-7-2-3-8-27(25)19-24/h2-8,10-19,23,28,30H,9,20-22H2,1H3,(H,41,42)(H,43,44)/b12-6+. The first-order valence-corrected chi connectivity index (χ1v) is 15.0. The Labute approximate surface area is 265 Å². The minimum absolute atomic E-state index is 0.211. The maximum Gasteiger partial charge on any atom is 0.307 e. The number of benzene rings is 4. The zero-order valence-electron chi connectivity index (χ0n) is 24.7. The lowest BCUT2D eigenvalue weighted by molar-refractivity contribution is -0.151. The van der Waals surface area contributed by atoms with Crippen LogP contribution in [0.15, 0.2) is 101 Å². The highest BCUT2D eigenvalue weighted by molar-refractivity contribution is 6.30. The zero-order valence-corrected chi connectivity index (χ0v) is 25.4. The molecule has 0 saturated carbocycles. The Morgan fingerprint density at radius 3 is 2.33 bits per heavy atom. The van der Waals surface area contributed by atoms with Crippen LogP contribution in [0.1, 0.15) is 49.1 Å². The maximum atomic E-state index is 13.9. The molecule has 0 fully saturated rings. The highest BCUT2D eigenvalue weighted by atomic mass is 35.5. The fourth-order valence-electron chi connectivity index (χ4n) is 5.59. The zero-order chi connectivity index (χ0) is 31.9. The summed E-state index contributed by atoms with van der Waals surface area (Å²) in [5, 5.41) is 21.7. The number of aromatic nitrogens is 1. The topological polar surface area (TPSA) is 121 Å². The van der Waals surface area contributed by atoms with Crippen LogP contribution in [-0.4, -0.2) is 44.0 Å². The molecule has 0 radical (unpaired) electrons. The molecule has 1 amide bonds. The summed E-state index contributed by atoms with van der Waals surface area (Å²) in [5.41, 5.74) is 3.24. The molecular formula is C36H33ClN2O6. The molecule has 0 aliphatic rings. The molecule has 5 rings (SSSR count). The first-order valence-electron chi connectivity index (χ1n) is 14.7. The van der Waals surface area contributed by atoms with E-state index in [1.165, 1.54) is 0 Å². The van der Waals surface area contributed by atoms with Gasteiger partial charge in [0.2, 0.25) is 11.8 Å². The maximum absolute atomic E-state index is 13.9. The number of carbonyl (C=O) groups excluding carboxylic acids is 1. The van der Waals surface area contributed by atoms with Crippen molar-refractivity contribution in [1.29, 1.82) is 0 Å². The van der Waals surface area contributed by atoms with Crippen LogP contribution in [0, 0.1) is 5.92 Å². The number of oxazole rings is 1. The fourth-order valence-corrected chi connectivity index (χ4v) is 5.72. The molecule has 230 valence electrons. The Bertz CT molecular complexity index is 1810. The van der Waals surface area contributed by atoms with Gasteiger partial charge in [-0.3, -0.25) is 14.4 Å². The van der Waals surface area contributed by atoms with E-state index in [0.29, 0.717) is 22.9 Å². The summed E-state index contributed by atoms with van der Waals surface area (Å²) in [6.45, 7) is 2.14. The van der Waals surface area contributed by atoms with Crippen molar-refractivity contribution in [3.05, 3.63) is 119 Å². The van der Waals surface area contributed by atoms with Gasteiger partial charge in [0.15, 0.2) is 5.58 Å². The molecule has 0 bridgehead atoms. The Morgan fingerprint density at radius 1 is 0.911 bits per heavy atom. The van der Waals surface area contributed by atoms with Gasteiger partial charge in [-0.05, 0) is 71.7 Å². The largest absolute Gasteiger partial charge is 0.481 e. The summed E-state index contributed by atoms with van der Waals surface area (Å²) in [4.78, 5) is 43.5. The van der Waals surface area contributed by atoms with Gasteiger partial charge in [-0.25, -0.2) is 4.98 Å². The Kier molecular flexibility index (Phi) is 9.95. The van der Waals surface area contributed by atoms with Crippen LogP contribution in [0.2, 0.25) is 5.02 Å². The lowest BCUT2D eigenvalue weighted by atomic mass is 9.87. The van der Waals surface area contributed by atoms with E-state index in [-0.39, 0.29) is 12.5 Å². The number of allylic oxidation sites excluding steroid dienone is 1. The third kappa shape index (κ3) is 7.96. The van der Waals surface area contributed by atoms with Crippen LogP contribution < -0.4 is 0 Å². The van der Waals surface area contributed by atoms with E-state index in [2.05, 4.69) is 4.98 Å². The van der Waals surface area contributed by atoms with Crippen molar-refractivity contribution in [2.45, 2.75) is 44.7 Å². The lowest BCUT2D eigenvalue weighted by Crippen LogP contribution is -2.43. The quantitative estimate of drug-likeness (QED) is 0.137. The highest BCUT2D eigenvalue weighted by Gasteiger charge is 2.32. The highest BCUT2D eigenvalue weighted by Crippen LogP contribution is 2.32. The average molecular weight is 625 g/mol. The van der Waals surface area contributed by atoms with E-state index in [1.807, 2.05) is 91.9 Å². The summed E-state index contributed by atoms with van der Waals surface area (Å²) in [6, 6.07) is 28.4. The summed E-state index contributed by atoms with van der Waals surface area (Å²) >= 11 is 6.21. The van der Waals surface area contributed by atoms with E-state index in [1.54, 1.807) is 23.1 Å². The molecule has 3 atom stereocenters. The van der Waals surface area contributed by atoms with Gasteiger partial charge < -0.3 is 19.5 Å². The summed E-state index contributed by atoms with van der Waals surface area (Å²) in [5.74, 6) is -4.15. The molecule has 0 aliphatic heterocycles. The molecule has 9 heteroatoms. The van der Waals surface area contributed by atoms with Crippen LogP contribution in [0.5, 0.6) is 0 Å². The fraction of sp³-hybridized carbons (Fsp3) is 0.222. The molecule has 8 nitrogen and oxygen atoms in total. The van der Waals surface area contributed by atoms with Crippen LogP contribution in [0.25, 0.3) is 27.9 Å². The van der Waals surface area contributed by atoms with E-state index >= 15 is 0 Å². The van der Waals surface area contributed by atoms with Crippen molar-refractivity contribution in [3.63, 3.8) is 0 Å². The normalized spacial score (nSPS) is 13.6. The second kappa shape index (κ2) is 14.2. The van der Waals surface area contributed by atoms with Crippen molar-refractivity contribution in [3.8, 4) is 0 Å². The van der Waals surface area contributed by atoms with Crippen LogP contribution >= 0.6 is 11.6 Å². The Balaban J connectivity index is 1.48. The predicted molar refractivity (Wildman–Crippen MR) is 174 cm³/mol. The summed E-state index contributed by atoms with van der Waals surface area (Å²) in [6.07, 6.45) is 3.17. The molecule has 2 N–H and O–H groups in total. The van der Waals surface area contributed by atoms with Gasteiger partial charge in [-0.1, -0.05) is 78.3 Å². The lowest BCUT2D eigenvalue weighted by Gasteiger charge is -2.36. The summed E-state index contributed by atoms with van der Waals surface area (Å²) in [7, 11) is 0. The number of carboxylic acid groups (broad SMARTS) is 2. The number of nitrogens with zero attached hydrogens (tertiary/aromatic N) is 2. The van der Waals surface area contributed by atoms with Crippen LogP contribution in [0.4, 0.5) is 0 Å². The Morgan fingerprint density at radius 2 is 1.62 bits per heavy atom. The number of aliphatic carboxylic acids is 2. The number of hydrogen-bond donors (Lipinski definition) is 2. The molecule has 45 heavy (non-hydrogen) atoms. The molecule has 1 aromatic heterocycles. The SMILES string of the molecule is CC(C(C/C=C/c1nc2ccccc2o1)c1ccc(Cl)cc1)N(Cc1ccc2ccccc2c1)C(=O)CC(CC(=O)O)C(=O)O. The predicted octanol–water partition coefficient (Wildman–Crippen LogP) is 7.80. The van der Waals surface area contributed by atoms with Gasteiger partial charge in [0.05, 0.1) is 12.3 Å². The van der Waals surface area contributed by atoms with E-state index in [4.69, 9.17) is 16.0 Å². The number of para-hydroxylation sites is 2. The molecule has 0 aliphatic carbocycles. The van der Waals surface area contributed by atoms with E-state index in [0.717, 1.165) is 27.4 Å². The molecule has 5 aromatic rings. The molecule has 0 saturated heterocycles. The van der Waals surface area contributed by atoms with Gasteiger partial charge >= 0.3 is 11.9 Å². The third-order valence-electron chi connectivity index (χ3n) is 8.01. The second-order valence-electron chi connectivity index (χ2n) is 11.1. The van der Waals surface area contributed by atoms with Gasteiger partial charge in [0.25, 0.3) is 0 Å². The number of carbonyl (C=O) groups is 3. The first kappa shape index (κ1) is 31.5. The van der Waals surface area contributed by atoms with Crippen LogP contribution in [-0.2, 0) is 20.9 Å². The smallest absolute Gasteiger partial charge is 0.307 e. The third-order valence-corrected chi connectivity index (χ3v) is 8.26. The van der Waals surface area contributed by atoms with Gasteiger partial charge in [0.1, 0.15) is 5.52 Å². The molecule has 4 aromatic carbocycles. The first-order chi connectivity index (χ1) is 21.7. The number of fused-ring (bicyclic) bond motifs is 2. The van der Waals surface area contributed by atoms with Gasteiger partial charge in [-0.2, -0.15) is 0 Å². The van der Waals surface area contributed by atoms with Gasteiger partial charge in [-0.15, -0.1) is 0 Å². The average Bonchev–Trinajstić information content (AvgIpc) is 3.44. The van der Waals surface area contributed by atoms with Crippen molar-refractivity contribution < 1.29 is 29.0 Å².